The molecule has 3 nitrogen and oxygen atoms in total. The van der Waals surface area contributed by atoms with Crippen LogP contribution in [0.25, 0.3) is 0 Å². The van der Waals surface area contributed by atoms with E-state index in [-0.39, 0.29) is 0 Å². The van der Waals surface area contributed by atoms with Crippen molar-refractivity contribution in [2.75, 3.05) is 13.2 Å². The summed E-state index contributed by atoms with van der Waals surface area (Å²) in [7, 11) is 0. The summed E-state index contributed by atoms with van der Waals surface area (Å²) >= 11 is 0. The number of hydrogen-bond donors (Lipinski definition) is 0. The maximum Gasteiger partial charge on any atom is 0.465 e. The molecule has 0 saturated heterocycles. The third-order valence-corrected chi connectivity index (χ3v) is 1.67. The summed E-state index contributed by atoms with van der Waals surface area (Å²) in [5, 5.41) is 0. The Labute approximate surface area is 94.9 Å². The van der Waals surface area contributed by atoms with Crippen molar-refractivity contribution < 1.29 is 36.2 Å². The second-order valence-electron chi connectivity index (χ2n) is 3.35. The molecule has 0 aromatic heterocycles. The topological polar surface area (TPSA) is 35.5 Å². The summed E-state index contributed by atoms with van der Waals surface area (Å²) in [4.78, 5) is 10.5. The van der Waals surface area contributed by atoms with E-state index in [2.05, 4.69) is 4.74 Å². The predicted molar refractivity (Wildman–Crippen MR) is 47.7 cm³/mol. The quantitative estimate of drug-likeness (QED) is 0.546. The lowest BCUT2D eigenvalue weighted by molar-refractivity contribution is -0.281. The molecule has 8 heteroatoms. The molecule has 0 amide bonds. The molecule has 0 bridgehead atoms. The van der Waals surface area contributed by atoms with Crippen molar-refractivity contribution in [3.05, 3.63) is 0 Å². The molecule has 0 aliphatic heterocycles. The van der Waals surface area contributed by atoms with Gasteiger partial charge >= 0.3 is 18.1 Å². The first kappa shape index (κ1) is 16.1. The van der Waals surface area contributed by atoms with Crippen molar-refractivity contribution >= 4 is 5.97 Å². The molecule has 0 heterocycles. The first-order valence-corrected chi connectivity index (χ1v) is 4.86. The summed E-state index contributed by atoms with van der Waals surface area (Å²) in [6, 6.07) is 0. The van der Waals surface area contributed by atoms with E-state index in [4.69, 9.17) is 4.74 Å². The summed E-state index contributed by atoms with van der Waals surface area (Å²) in [6.45, 7) is 2.84. The number of esters is 1. The highest BCUT2D eigenvalue weighted by molar-refractivity contribution is 5.78. The van der Waals surface area contributed by atoms with Gasteiger partial charge in [-0.05, 0) is 13.3 Å². The zero-order valence-electron chi connectivity index (χ0n) is 9.31. The molecule has 0 aliphatic rings. The number of ether oxygens (including phenoxy) is 2. The molecule has 0 aliphatic carbocycles. The van der Waals surface area contributed by atoms with E-state index in [9.17, 15) is 26.7 Å². The Bertz CT molecular complexity index is 252. The van der Waals surface area contributed by atoms with Crippen LogP contribution in [-0.4, -0.2) is 37.4 Å². The van der Waals surface area contributed by atoms with Gasteiger partial charge in [-0.25, -0.2) is 4.79 Å². The lowest BCUT2D eigenvalue weighted by atomic mass is 10.3. The molecule has 0 saturated carbocycles. The van der Waals surface area contributed by atoms with E-state index in [1.54, 1.807) is 6.92 Å². The van der Waals surface area contributed by atoms with Crippen LogP contribution in [0, 0.1) is 0 Å². The van der Waals surface area contributed by atoms with Crippen LogP contribution in [0.15, 0.2) is 0 Å². The number of carbonyl (C=O) groups is 1. The van der Waals surface area contributed by atoms with Gasteiger partial charge in [0.05, 0.1) is 6.10 Å². The second kappa shape index (κ2) is 6.13. The normalized spacial score (nSPS) is 14.5. The van der Waals surface area contributed by atoms with Gasteiger partial charge in [0.15, 0.2) is 0 Å². The van der Waals surface area contributed by atoms with Crippen LogP contribution in [0.1, 0.15) is 20.3 Å². The molecule has 0 aromatic rings. The molecule has 0 rings (SSSR count). The van der Waals surface area contributed by atoms with Crippen LogP contribution < -0.4 is 0 Å². The Hall–Kier alpha value is -0.920. The molecule has 1 unspecified atom stereocenters. The van der Waals surface area contributed by atoms with Gasteiger partial charge < -0.3 is 9.47 Å². The first-order valence-electron chi connectivity index (χ1n) is 4.86. The van der Waals surface area contributed by atoms with Gasteiger partial charge in [0.2, 0.25) is 0 Å². The minimum Gasteiger partial charge on any atom is -0.458 e. The Balaban J connectivity index is 4.19. The van der Waals surface area contributed by atoms with E-state index in [0.29, 0.717) is 13.0 Å². The maximum absolute atomic E-state index is 12.4. The van der Waals surface area contributed by atoms with Crippen molar-refractivity contribution in [1.29, 1.82) is 0 Å². The van der Waals surface area contributed by atoms with E-state index in [1.165, 1.54) is 6.92 Å². The molecular weight excluding hydrogens is 251 g/mol. The Morgan fingerprint density at radius 1 is 1.24 bits per heavy atom. The zero-order valence-corrected chi connectivity index (χ0v) is 9.31. The standard InChI is InChI=1S/C9H13F5O3/c1-3-4-16-6(2)5-17-7(15)8(10,11)9(12,13)14/h6H,3-5H2,1-2H3. The number of halogens is 5. The fourth-order valence-electron chi connectivity index (χ4n) is 0.767. The van der Waals surface area contributed by atoms with Crippen molar-refractivity contribution in [2.45, 2.75) is 38.5 Å². The van der Waals surface area contributed by atoms with Gasteiger partial charge in [-0.15, -0.1) is 0 Å². The maximum atomic E-state index is 12.4. The van der Waals surface area contributed by atoms with Crippen LogP contribution in [-0.2, 0) is 14.3 Å². The largest absolute Gasteiger partial charge is 0.465 e. The smallest absolute Gasteiger partial charge is 0.458 e. The van der Waals surface area contributed by atoms with Crippen LogP contribution >= 0.6 is 0 Å². The van der Waals surface area contributed by atoms with Crippen molar-refractivity contribution in [3.63, 3.8) is 0 Å². The molecule has 1 atom stereocenters. The van der Waals surface area contributed by atoms with Crippen LogP contribution in [0.3, 0.4) is 0 Å². The van der Waals surface area contributed by atoms with Crippen molar-refractivity contribution in [2.24, 2.45) is 0 Å². The first-order chi connectivity index (χ1) is 7.63. The van der Waals surface area contributed by atoms with Crippen molar-refractivity contribution in [3.8, 4) is 0 Å². The fraction of sp³-hybridized carbons (Fsp3) is 0.889. The third kappa shape index (κ3) is 4.84. The number of rotatable bonds is 6. The number of hydrogen-bond acceptors (Lipinski definition) is 3. The Kier molecular flexibility index (Phi) is 5.80. The summed E-state index contributed by atoms with van der Waals surface area (Å²) < 4.78 is 68.8. The Morgan fingerprint density at radius 2 is 1.76 bits per heavy atom. The molecule has 17 heavy (non-hydrogen) atoms. The van der Waals surface area contributed by atoms with Crippen LogP contribution in [0.2, 0.25) is 0 Å². The average Bonchev–Trinajstić information content (AvgIpc) is 2.21. The minimum atomic E-state index is -5.95. The molecular formula is C9H13F5O3. The second-order valence-corrected chi connectivity index (χ2v) is 3.35. The lowest BCUT2D eigenvalue weighted by Crippen LogP contribution is -2.45. The highest BCUT2D eigenvalue weighted by Gasteiger charge is 2.64. The van der Waals surface area contributed by atoms with Gasteiger partial charge in [0, 0.05) is 6.61 Å². The molecule has 0 aromatic carbocycles. The average molecular weight is 264 g/mol. The number of alkyl halides is 5. The van der Waals surface area contributed by atoms with Gasteiger partial charge in [-0.1, -0.05) is 6.92 Å². The highest BCUT2D eigenvalue weighted by Crippen LogP contribution is 2.36. The van der Waals surface area contributed by atoms with E-state index in [1.807, 2.05) is 0 Å². The van der Waals surface area contributed by atoms with Gasteiger partial charge in [-0.2, -0.15) is 22.0 Å². The summed E-state index contributed by atoms with van der Waals surface area (Å²) in [6.07, 6.45) is -6.03. The third-order valence-electron chi connectivity index (χ3n) is 1.67. The van der Waals surface area contributed by atoms with Crippen LogP contribution in [0.5, 0.6) is 0 Å². The predicted octanol–water partition coefficient (Wildman–Crippen LogP) is 2.54. The lowest BCUT2D eigenvalue weighted by Gasteiger charge is -2.19. The molecule has 0 fully saturated rings. The van der Waals surface area contributed by atoms with Crippen molar-refractivity contribution in [1.82, 2.24) is 0 Å². The minimum absolute atomic E-state index is 0.300. The van der Waals surface area contributed by atoms with Crippen LogP contribution in [0.4, 0.5) is 22.0 Å². The number of carbonyl (C=O) groups excluding carboxylic acids is 1. The molecule has 0 radical (unpaired) electrons. The fourth-order valence-corrected chi connectivity index (χ4v) is 0.767. The van der Waals surface area contributed by atoms with E-state index < -0.39 is 30.8 Å². The Morgan fingerprint density at radius 3 is 2.18 bits per heavy atom. The zero-order chi connectivity index (χ0) is 13.7. The molecule has 102 valence electrons. The summed E-state index contributed by atoms with van der Waals surface area (Å²) in [5.41, 5.74) is 0. The van der Waals surface area contributed by atoms with E-state index >= 15 is 0 Å². The summed E-state index contributed by atoms with van der Waals surface area (Å²) in [5.74, 6) is -8.10. The van der Waals surface area contributed by atoms with Gasteiger partial charge in [0.1, 0.15) is 6.61 Å². The SMILES string of the molecule is CCCOC(C)COC(=O)C(F)(F)C(F)(F)F. The highest BCUT2D eigenvalue weighted by atomic mass is 19.4. The monoisotopic (exact) mass is 264 g/mol. The van der Waals surface area contributed by atoms with Gasteiger partial charge in [-0.3, -0.25) is 0 Å². The molecule has 0 spiro atoms. The van der Waals surface area contributed by atoms with Gasteiger partial charge in [0.25, 0.3) is 0 Å². The molecule has 0 N–H and O–H groups in total. The van der Waals surface area contributed by atoms with E-state index in [0.717, 1.165) is 0 Å².